The minimum atomic E-state index is -0.265. The third-order valence-corrected chi connectivity index (χ3v) is 4.18. The molecule has 0 N–H and O–H groups in total. The van der Waals surface area contributed by atoms with Crippen LogP contribution in [0.15, 0.2) is 40.9 Å². The van der Waals surface area contributed by atoms with Gasteiger partial charge in [0, 0.05) is 5.56 Å². The molecule has 0 bridgehead atoms. The van der Waals surface area contributed by atoms with Crippen molar-refractivity contribution in [3.8, 4) is 5.75 Å². The van der Waals surface area contributed by atoms with E-state index in [1.54, 1.807) is 6.07 Å². The van der Waals surface area contributed by atoms with E-state index in [1.807, 2.05) is 13.0 Å². The summed E-state index contributed by atoms with van der Waals surface area (Å²) in [4.78, 5) is 0. The summed E-state index contributed by atoms with van der Waals surface area (Å²) >= 11 is 3.25. The van der Waals surface area contributed by atoms with Crippen molar-refractivity contribution in [2.45, 2.75) is 33.3 Å². The van der Waals surface area contributed by atoms with E-state index in [1.165, 1.54) is 11.6 Å². The van der Waals surface area contributed by atoms with Gasteiger partial charge in [0.15, 0.2) is 0 Å². The minimum Gasteiger partial charge on any atom is -0.489 e. The molecule has 0 aliphatic heterocycles. The normalized spacial score (nSPS) is 10.9. The average Bonchev–Trinajstić information content (AvgIpc) is 2.41. The second-order valence-corrected chi connectivity index (χ2v) is 5.97. The molecule has 0 aliphatic rings. The van der Waals surface area contributed by atoms with Crippen LogP contribution in [0.4, 0.5) is 4.39 Å². The Balaban J connectivity index is 2.18. The van der Waals surface area contributed by atoms with E-state index in [0.717, 1.165) is 16.9 Å². The Morgan fingerprint density at radius 2 is 1.95 bits per heavy atom. The molecule has 0 fully saturated rings. The molecule has 1 nitrogen and oxygen atoms in total. The fourth-order valence-electron chi connectivity index (χ4n) is 1.95. The van der Waals surface area contributed by atoms with Crippen molar-refractivity contribution in [1.29, 1.82) is 0 Å². The molecular weight excluding hydrogens is 319 g/mol. The molecule has 2 rings (SSSR count). The maximum Gasteiger partial charge on any atom is 0.137 e. The van der Waals surface area contributed by atoms with Crippen molar-refractivity contribution in [2.24, 2.45) is 0 Å². The molecule has 0 unspecified atom stereocenters. The Morgan fingerprint density at radius 1 is 1.20 bits per heavy atom. The summed E-state index contributed by atoms with van der Waals surface area (Å²) in [6.45, 7) is 6.66. The molecule has 2 aromatic carbocycles. The van der Waals surface area contributed by atoms with Crippen LogP contribution in [-0.4, -0.2) is 0 Å². The third kappa shape index (κ3) is 3.40. The van der Waals surface area contributed by atoms with E-state index < -0.39 is 0 Å². The van der Waals surface area contributed by atoms with E-state index in [0.29, 0.717) is 17.0 Å². The number of rotatable bonds is 4. The Hall–Kier alpha value is -1.35. The van der Waals surface area contributed by atoms with Crippen molar-refractivity contribution < 1.29 is 9.13 Å². The number of aryl methyl sites for hydroxylation is 1. The van der Waals surface area contributed by atoms with Gasteiger partial charge in [-0.05, 0) is 52.0 Å². The smallest absolute Gasteiger partial charge is 0.137 e. The first-order valence-corrected chi connectivity index (χ1v) is 7.44. The van der Waals surface area contributed by atoms with Gasteiger partial charge in [-0.1, -0.05) is 38.1 Å². The highest BCUT2D eigenvalue weighted by atomic mass is 79.9. The Kier molecular flexibility index (Phi) is 4.81. The van der Waals surface area contributed by atoms with Crippen LogP contribution in [-0.2, 0) is 6.61 Å². The van der Waals surface area contributed by atoms with Gasteiger partial charge in [0.2, 0.25) is 0 Å². The SMILES string of the molecule is Cc1ccc(C(C)C)cc1OCc1cccc(F)c1Br. The zero-order valence-corrected chi connectivity index (χ0v) is 13.5. The first kappa shape index (κ1) is 15.0. The minimum absolute atomic E-state index is 0.265. The van der Waals surface area contributed by atoms with Crippen molar-refractivity contribution in [3.05, 3.63) is 63.4 Å². The van der Waals surface area contributed by atoms with Crippen molar-refractivity contribution in [2.75, 3.05) is 0 Å². The third-order valence-electron chi connectivity index (χ3n) is 3.29. The van der Waals surface area contributed by atoms with Crippen LogP contribution in [0.5, 0.6) is 5.75 Å². The lowest BCUT2D eigenvalue weighted by Crippen LogP contribution is -2.00. The molecule has 106 valence electrons. The van der Waals surface area contributed by atoms with E-state index in [-0.39, 0.29) is 5.82 Å². The number of ether oxygens (including phenoxy) is 1. The molecule has 0 spiro atoms. The highest BCUT2D eigenvalue weighted by Crippen LogP contribution is 2.27. The largest absolute Gasteiger partial charge is 0.489 e. The predicted octanol–water partition coefficient (Wildman–Crippen LogP) is 5.60. The number of hydrogen-bond donors (Lipinski definition) is 0. The van der Waals surface area contributed by atoms with Crippen LogP contribution in [0.3, 0.4) is 0 Å². The maximum absolute atomic E-state index is 13.5. The van der Waals surface area contributed by atoms with Crippen LogP contribution in [0.2, 0.25) is 0 Å². The summed E-state index contributed by atoms with van der Waals surface area (Å²) in [5.41, 5.74) is 3.13. The Morgan fingerprint density at radius 3 is 2.65 bits per heavy atom. The van der Waals surface area contributed by atoms with Crippen molar-refractivity contribution in [1.82, 2.24) is 0 Å². The molecule has 0 heterocycles. The average molecular weight is 337 g/mol. The molecule has 0 saturated heterocycles. The highest BCUT2D eigenvalue weighted by molar-refractivity contribution is 9.10. The molecule has 0 atom stereocenters. The predicted molar refractivity (Wildman–Crippen MR) is 83.7 cm³/mol. The quantitative estimate of drug-likeness (QED) is 0.706. The van der Waals surface area contributed by atoms with Gasteiger partial charge in [0.1, 0.15) is 18.2 Å². The summed E-state index contributed by atoms with van der Waals surface area (Å²) in [6, 6.07) is 11.2. The molecule has 2 aromatic rings. The lowest BCUT2D eigenvalue weighted by Gasteiger charge is -2.13. The van der Waals surface area contributed by atoms with E-state index in [4.69, 9.17) is 4.74 Å². The first-order chi connectivity index (χ1) is 9.49. The molecule has 0 amide bonds. The summed E-state index contributed by atoms with van der Waals surface area (Å²) in [5, 5.41) is 0. The van der Waals surface area contributed by atoms with Gasteiger partial charge in [0.05, 0.1) is 4.47 Å². The summed E-state index contributed by atoms with van der Waals surface area (Å²) in [5.74, 6) is 1.05. The molecule has 0 radical (unpaired) electrons. The van der Waals surface area contributed by atoms with Crippen LogP contribution in [0.1, 0.15) is 36.5 Å². The van der Waals surface area contributed by atoms with Gasteiger partial charge in [-0.15, -0.1) is 0 Å². The number of hydrogen-bond acceptors (Lipinski definition) is 1. The summed E-state index contributed by atoms with van der Waals surface area (Å²) < 4.78 is 19.8. The van der Waals surface area contributed by atoms with Gasteiger partial charge in [-0.25, -0.2) is 4.39 Å². The van der Waals surface area contributed by atoms with Crippen molar-refractivity contribution in [3.63, 3.8) is 0 Å². The standard InChI is InChI=1S/C17H18BrFO/c1-11(2)13-8-7-12(3)16(9-13)20-10-14-5-4-6-15(19)17(14)18/h4-9,11H,10H2,1-3H3. The highest BCUT2D eigenvalue weighted by Gasteiger charge is 2.08. The van der Waals surface area contributed by atoms with Gasteiger partial charge in [-0.2, -0.15) is 0 Å². The lowest BCUT2D eigenvalue weighted by atomic mass is 10.0. The van der Waals surface area contributed by atoms with Gasteiger partial charge < -0.3 is 4.74 Å². The van der Waals surface area contributed by atoms with Gasteiger partial charge >= 0.3 is 0 Å². The van der Waals surface area contributed by atoms with E-state index in [9.17, 15) is 4.39 Å². The fourth-order valence-corrected chi connectivity index (χ4v) is 2.33. The maximum atomic E-state index is 13.5. The van der Waals surface area contributed by atoms with Crippen LogP contribution >= 0.6 is 15.9 Å². The second kappa shape index (κ2) is 6.40. The fraction of sp³-hybridized carbons (Fsp3) is 0.294. The van der Waals surface area contributed by atoms with Gasteiger partial charge in [-0.3, -0.25) is 0 Å². The number of benzene rings is 2. The lowest BCUT2D eigenvalue weighted by molar-refractivity contribution is 0.302. The Labute approximate surface area is 127 Å². The first-order valence-electron chi connectivity index (χ1n) is 6.65. The number of halogens is 2. The summed E-state index contributed by atoms with van der Waals surface area (Å²) in [6.07, 6.45) is 0. The molecule has 0 aromatic heterocycles. The molecule has 3 heteroatoms. The Bertz CT molecular complexity index is 608. The summed E-state index contributed by atoms with van der Waals surface area (Å²) in [7, 11) is 0. The van der Waals surface area contributed by atoms with E-state index in [2.05, 4.69) is 48.0 Å². The van der Waals surface area contributed by atoms with Crippen molar-refractivity contribution >= 4 is 15.9 Å². The zero-order valence-electron chi connectivity index (χ0n) is 11.9. The molecule has 0 saturated carbocycles. The zero-order chi connectivity index (χ0) is 14.7. The van der Waals surface area contributed by atoms with Crippen LogP contribution < -0.4 is 4.74 Å². The molecule has 20 heavy (non-hydrogen) atoms. The molecular formula is C17H18BrFO. The van der Waals surface area contributed by atoms with Crippen LogP contribution in [0, 0.1) is 12.7 Å². The molecule has 0 aliphatic carbocycles. The topological polar surface area (TPSA) is 9.23 Å². The van der Waals surface area contributed by atoms with Gasteiger partial charge in [0.25, 0.3) is 0 Å². The second-order valence-electron chi connectivity index (χ2n) is 5.18. The van der Waals surface area contributed by atoms with E-state index >= 15 is 0 Å². The van der Waals surface area contributed by atoms with Crippen LogP contribution in [0.25, 0.3) is 0 Å². The monoisotopic (exact) mass is 336 g/mol.